The molecule has 0 aliphatic heterocycles. The summed E-state index contributed by atoms with van der Waals surface area (Å²) in [6.07, 6.45) is 54.3. The second kappa shape index (κ2) is 50.1. The first-order valence-corrected chi connectivity index (χ1v) is 23.2. The van der Waals surface area contributed by atoms with Gasteiger partial charge in [0.15, 0.2) is 6.04 Å². The molecule has 0 fully saturated rings. The molecule has 0 saturated heterocycles. The van der Waals surface area contributed by atoms with Crippen LogP contribution in [-0.4, -0.2) is 81.3 Å². The number of carboxylic acids is 2. The summed E-state index contributed by atoms with van der Waals surface area (Å²) in [6, 6.07) is -1.37. The van der Waals surface area contributed by atoms with Crippen molar-refractivity contribution in [1.82, 2.24) is 5.32 Å². The van der Waals surface area contributed by atoms with E-state index in [0.29, 0.717) is 51.4 Å². The van der Waals surface area contributed by atoms with Crippen molar-refractivity contribution in [3.63, 3.8) is 0 Å². The van der Waals surface area contributed by atoms with E-state index in [4.69, 9.17) is 0 Å². The van der Waals surface area contributed by atoms with Crippen molar-refractivity contribution in [3.8, 4) is 0 Å². The lowest BCUT2D eigenvalue weighted by Gasteiger charge is -2.19. The van der Waals surface area contributed by atoms with Crippen molar-refractivity contribution < 1.29 is 56.5 Å². The fourth-order valence-electron chi connectivity index (χ4n) is 4.85. The minimum absolute atomic E-state index is 0.0430. The number of rotatable bonds is 34. The van der Waals surface area contributed by atoms with Crippen LogP contribution in [0.2, 0.25) is 0 Å². The highest BCUT2D eigenvalue weighted by molar-refractivity contribution is 5.84. The highest BCUT2D eigenvalue weighted by Gasteiger charge is 2.17. The molecule has 6 atom stereocenters. The standard InChI is InChI=1S/C22H32O4.C22H34O2.C9H19N3O3/c1-2-3-10-15-20(23)17-12-8-9-13-18-21(24)16-11-6-4-5-7-14-19-22(25)26;1-3-5-7-8-9-10-14-18-22(24)20-16-12-11-15-19-21(23)17-13-6-4-2;1-6(11)8(13)12-7(9(14)15)4-2-3-5-10/h3,5-13,17-18,20-21,23-24H,2,4,14-16,19H2,1H3,(H,25,26);6-8,10-16,19-24H,3-5,9,17-18H2,1-2H3;6-7H,2-5,10-11H2,1H3,(H,12,13)(H,14,15)/b7-5-,9-8-,10-3-,11-6-,17-12+,18-13+;8-7-,12-11-,13-6-,14-10-,19-15+,20-16+;/t20-,21-;21-,22-;6-,7-/m000/s1. The SMILES string of the molecule is CC/C=C\C[C@H](O)/C=C/C=C\C=C\[C@@H](O)C/C=C\C/C=C\CCC.CC/C=C\C[C@H](O)/C=C/C=C\C=C\[C@@H](O)C/C=C\C/C=C\CCC(=O)[O-].C[C@H]([NH3+])C(=O)N[C@@H](CCCC[NH3+])C(=O)[O-]. The van der Waals surface area contributed by atoms with Gasteiger partial charge in [-0.15, -0.1) is 0 Å². The second-order valence-corrected chi connectivity index (χ2v) is 15.0. The third kappa shape index (κ3) is 53.3. The van der Waals surface area contributed by atoms with E-state index in [0.717, 1.165) is 38.6 Å². The van der Waals surface area contributed by atoms with Gasteiger partial charge in [0.2, 0.25) is 0 Å². The molecule has 0 rings (SSSR count). The first-order chi connectivity index (χ1) is 31.2. The Labute approximate surface area is 391 Å². The smallest absolute Gasteiger partial charge is 0.278 e. The number of hydrogen-bond acceptors (Lipinski definition) is 9. The maximum Gasteiger partial charge on any atom is 0.278 e. The molecule has 0 aliphatic carbocycles. The molecule has 0 aliphatic rings. The molecule has 1 amide bonds. The van der Waals surface area contributed by atoms with Crippen LogP contribution in [0.5, 0.6) is 0 Å². The van der Waals surface area contributed by atoms with E-state index in [9.17, 15) is 45.0 Å². The molecule has 11 N–H and O–H groups in total. The first-order valence-electron chi connectivity index (χ1n) is 23.2. The Bertz CT molecular complexity index is 1530. The third-order valence-corrected chi connectivity index (χ3v) is 8.54. The van der Waals surface area contributed by atoms with Crippen molar-refractivity contribution in [1.29, 1.82) is 0 Å². The van der Waals surface area contributed by atoms with Gasteiger partial charge in [0.05, 0.1) is 43.0 Å². The predicted molar refractivity (Wildman–Crippen MR) is 262 cm³/mol. The summed E-state index contributed by atoms with van der Waals surface area (Å²) in [6.45, 7) is 8.66. The van der Waals surface area contributed by atoms with Crippen LogP contribution >= 0.6 is 0 Å². The average molecular weight is 908 g/mol. The van der Waals surface area contributed by atoms with E-state index in [-0.39, 0.29) is 12.3 Å². The topological polar surface area (TPSA) is 246 Å². The first kappa shape index (κ1) is 64.3. The zero-order chi connectivity index (χ0) is 49.2. The summed E-state index contributed by atoms with van der Waals surface area (Å²) in [5.41, 5.74) is 7.17. The molecule has 366 valence electrons. The van der Waals surface area contributed by atoms with E-state index < -0.39 is 48.4 Å². The van der Waals surface area contributed by atoms with Crippen molar-refractivity contribution in [2.24, 2.45) is 0 Å². The Morgan fingerprint density at radius 2 is 0.938 bits per heavy atom. The minimum Gasteiger partial charge on any atom is -0.550 e. The van der Waals surface area contributed by atoms with E-state index in [1.165, 1.54) is 6.42 Å². The Balaban J connectivity index is -0.000000919. The molecular weight excluding hydrogens is 823 g/mol. The lowest BCUT2D eigenvalue weighted by atomic mass is 10.1. The van der Waals surface area contributed by atoms with Crippen LogP contribution in [0.3, 0.4) is 0 Å². The van der Waals surface area contributed by atoms with Crippen molar-refractivity contribution in [3.05, 3.63) is 146 Å². The molecule has 0 radical (unpaired) electrons. The molecule has 0 aromatic rings. The molecule has 12 nitrogen and oxygen atoms in total. The normalized spacial score (nSPS) is 15.4. The van der Waals surface area contributed by atoms with E-state index in [2.05, 4.69) is 55.8 Å². The summed E-state index contributed by atoms with van der Waals surface area (Å²) in [7, 11) is 0. The summed E-state index contributed by atoms with van der Waals surface area (Å²) < 4.78 is 0. The van der Waals surface area contributed by atoms with E-state index in [1.807, 2.05) is 85.1 Å². The van der Waals surface area contributed by atoms with Gasteiger partial charge >= 0.3 is 0 Å². The van der Waals surface area contributed by atoms with Crippen LogP contribution in [0.15, 0.2) is 146 Å². The second-order valence-electron chi connectivity index (χ2n) is 15.0. The molecule has 0 unspecified atom stereocenters. The van der Waals surface area contributed by atoms with Crippen molar-refractivity contribution in [2.45, 2.75) is 161 Å². The van der Waals surface area contributed by atoms with Crippen molar-refractivity contribution >= 4 is 17.8 Å². The molecule has 0 saturated carbocycles. The Kier molecular flexibility index (Phi) is 49.5. The molecule has 0 aromatic heterocycles. The summed E-state index contributed by atoms with van der Waals surface area (Å²) in [4.78, 5) is 32.1. The number of carboxylic acid groups (broad SMARTS) is 2. The maximum atomic E-state index is 11.2. The third-order valence-electron chi connectivity index (χ3n) is 8.54. The zero-order valence-electron chi connectivity index (χ0n) is 39.9. The van der Waals surface area contributed by atoms with E-state index >= 15 is 0 Å². The number of unbranched alkanes of at least 4 members (excludes halogenated alkanes) is 2. The van der Waals surface area contributed by atoms with Gasteiger partial charge in [-0.25, -0.2) is 0 Å². The Morgan fingerprint density at radius 1 is 0.554 bits per heavy atom. The molecule has 0 aromatic carbocycles. The molecule has 0 heterocycles. The number of hydrogen-bond donors (Lipinski definition) is 7. The van der Waals surface area contributed by atoms with Crippen LogP contribution in [0.25, 0.3) is 0 Å². The highest BCUT2D eigenvalue weighted by Crippen LogP contribution is 2.03. The fraction of sp³-hybridized carbons (Fsp3) is 0.491. The van der Waals surface area contributed by atoms with Gasteiger partial charge in [0.25, 0.3) is 5.91 Å². The number of aliphatic hydroxyl groups is 4. The number of aliphatic hydroxyl groups excluding tert-OH is 4. The lowest BCUT2D eigenvalue weighted by molar-refractivity contribution is -0.398. The average Bonchev–Trinajstić information content (AvgIpc) is 3.26. The zero-order valence-corrected chi connectivity index (χ0v) is 39.9. The van der Waals surface area contributed by atoms with Gasteiger partial charge in [0, 0.05) is 5.97 Å². The Morgan fingerprint density at radius 3 is 1.28 bits per heavy atom. The summed E-state index contributed by atoms with van der Waals surface area (Å²) in [5.74, 6) is -2.64. The predicted octanol–water partition coefficient (Wildman–Crippen LogP) is 4.85. The summed E-state index contributed by atoms with van der Waals surface area (Å²) >= 11 is 0. The van der Waals surface area contributed by atoms with Gasteiger partial charge in [-0.05, 0) is 96.8 Å². The number of quaternary nitrogens is 2. The van der Waals surface area contributed by atoms with Crippen LogP contribution in [0.4, 0.5) is 0 Å². The van der Waals surface area contributed by atoms with Gasteiger partial charge in [-0.3, -0.25) is 4.79 Å². The van der Waals surface area contributed by atoms with Gasteiger partial charge in [0.1, 0.15) is 0 Å². The maximum absolute atomic E-state index is 11.2. The van der Waals surface area contributed by atoms with Crippen molar-refractivity contribution in [2.75, 3.05) is 6.54 Å². The van der Waals surface area contributed by atoms with Crippen LogP contribution in [0.1, 0.15) is 124 Å². The van der Waals surface area contributed by atoms with Crippen LogP contribution < -0.4 is 27.0 Å². The molecular formula is C53H85N3O9. The molecule has 12 heteroatoms. The lowest BCUT2D eigenvalue weighted by Crippen LogP contribution is -2.67. The molecule has 0 bridgehead atoms. The number of aliphatic carboxylic acids is 2. The number of amides is 1. The van der Waals surface area contributed by atoms with Crippen LogP contribution in [-0.2, 0) is 14.4 Å². The number of carbonyl (C=O) groups is 3. The number of allylic oxidation sites excluding steroid dienone is 16. The number of carbonyl (C=O) groups excluding carboxylic acids is 3. The molecule has 0 spiro atoms. The largest absolute Gasteiger partial charge is 0.550 e. The molecule has 65 heavy (non-hydrogen) atoms. The fourth-order valence-corrected chi connectivity index (χ4v) is 4.85. The highest BCUT2D eigenvalue weighted by atomic mass is 16.4. The monoisotopic (exact) mass is 908 g/mol. The minimum atomic E-state index is -1.24. The van der Waals surface area contributed by atoms with Gasteiger partial charge in [-0.1, -0.05) is 173 Å². The quantitative estimate of drug-likeness (QED) is 0.0265. The number of nitrogens with one attached hydrogen (secondary N) is 1. The Hall–Kier alpha value is -4.95. The van der Waals surface area contributed by atoms with E-state index in [1.54, 1.807) is 49.5 Å². The summed E-state index contributed by atoms with van der Waals surface area (Å²) in [5, 5.41) is 62.2. The van der Waals surface area contributed by atoms with Gasteiger partial charge < -0.3 is 57.0 Å². The van der Waals surface area contributed by atoms with Crippen LogP contribution in [0, 0.1) is 0 Å². The van der Waals surface area contributed by atoms with Gasteiger partial charge in [-0.2, -0.15) is 0 Å².